The predicted molar refractivity (Wildman–Crippen MR) is 225 cm³/mol. The van der Waals surface area contributed by atoms with Gasteiger partial charge in [-0.2, -0.15) is 0 Å². The molecule has 0 aromatic carbocycles. The Kier molecular flexibility index (Phi) is 10.3. The van der Waals surface area contributed by atoms with Gasteiger partial charge in [-0.1, -0.05) is 0 Å². The number of hydrogen-bond acceptors (Lipinski definition) is 12. The van der Waals surface area contributed by atoms with Crippen LogP contribution in [0.4, 0.5) is 0 Å². The molecule has 6 saturated heterocycles. The fraction of sp³-hybridized carbons (Fsp3) is 0.946. The molecule has 7 saturated carbocycles. The van der Waals surface area contributed by atoms with Crippen LogP contribution >= 0.6 is 0 Å². The van der Waals surface area contributed by atoms with Crippen LogP contribution in [0.2, 0.25) is 38.8 Å². The molecule has 318 valence electrons. The number of hydrogen-bond donors (Lipinski definition) is 0. The van der Waals surface area contributed by atoms with Crippen molar-refractivity contribution in [2.45, 2.75) is 219 Å². The molecule has 13 aliphatic rings. The van der Waals surface area contributed by atoms with Crippen LogP contribution in [0, 0.1) is 0 Å². The molecule has 0 amide bonds. The normalized spacial score (nSPS) is 50.6. The molecule has 0 aromatic rings. The van der Waals surface area contributed by atoms with E-state index in [0.29, 0.717) is 0 Å². The van der Waals surface area contributed by atoms with Gasteiger partial charge in [0.15, 0.2) is 0 Å². The van der Waals surface area contributed by atoms with Crippen LogP contribution in [0.25, 0.3) is 0 Å². The van der Waals surface area contributed by atoms with Gasteiger partial charge in [0, 0.05) is 0 Å². The van der Waals surface area contributed by atoms with E-state index in [1.165, 1.54) is 0 Å². The summed E-state index contributed by atoms with van der Waals surface area (Å²) < 4.78 is 99.2. The second-order valence-electron chi connectivity index (χ2n) is 20.1. The topological polar surface area (TPSA) is 111 Å². The molecule has 6 heterocycles. The van der Waals surface area contributed by atoms with Crippen LogP contribution in [0.1, 0.15) is 180 Å². The molecule has 7 aliphatic carbocycles. The van der Waals surface area contributed by atoms with Gasteiger partial charge in [0.2, 0.25) is 0 Å². The monoisotopic (exact) mass is 972 g/mol. The Labute approximate surface area is 351 Å². The van der Waals surface area contributed by atoms with Gasteiger partial charge in [-0.3, -0.25) is 0 Å². The molecule has 8 bridgehead atoms. The van der Waals surface area contributed by atoms with E-state index < -0.39 is 75.9 Å². The van der Waals surface area contributed by atoms with Crippen molar-refractivity contribution in [1.82, 2.24) is 0 Å². The summed E-state index contributed by atoms with van der Waals surface area (Å²) in [5, 5.41) is 0. The van der Waals surface area contributed by atoms with Crippen molar-refractivity contribution in [2.24, 2.45) is 0 Å². The van der Waals surface area contributed by atoms with Crippen molar-refractivity contribution in [3.8, 4) is 0 Å². The molecule has 0 spiro atoms. The van der Waals surface area contributed by atoms with E-state index in [1.807, 2.05) is 4.91 Å². The average Bonchev–Trinajstić information content (AvgIpc) is 4.05. The van der Waals surface area contributed by atoms with E-state index in [9.17, 15) is 0 Å². The van der Waals surface area contributed by atoms with Crippen LogP contribution in [0.3, 0.4) is 0 Å². The summed E-state index contributed by atoms with van der Waals surface area (Å²) in [4.78, 5) is 1.92. The van der Waals surface area contributed by atoms with E-state index in [0.717, 1.165) is 180 Å². The van der Waals surface area contributed by atoms with Crippen molar-refractivity contribution in [3.05, 3.63) is 11.5 Å². The molecule has 13 fully saturated rings. The van der Waals surface area contributed by atoms with Gasteiger partial charge in [0.1, 0.15) is 0 Å². The first kappa shape index (κ1) is 39.9. The SMILES string of the molecule is C=[CH][Ge]12[O][Si]3(C4CCCC4)O[Si]4(C5CCCC5)O[Si]5(C6CCCC6)O[Si](C6CCCC6)(O3)O[Si](C3CCCC3)(O[Si](C3CCCC3)(O5)O[Si](C3CCCC3)(O4)[O]1)[O]2. The van der Waals surface area contributed by atoms with Gasteiger partial charge in [-0.05, 0) is 0 Å². The van der Waals surface area contributed by atoms with Gasteiger partial charge in [0.25, 0.3) is 0 Å². The van der Waals surface area contributed by atoms with Crippen molar-refractivity contribution in [2.75, 3.05) is 0 Å². The van der Waals surface area contributed by atoms with Gasteiger partial charge in [-0.15, -0.1) is 0 Å². The van der Waals surface area contributed by atoms with Crippen LogP contribution < -0.4 is 0 Å². The number of rotatable bonds is 8. The average molecular weight is 972 g/mol. The molecule has 0 aromatic heterocycles. The third-order valence-corrected chi connectivity index (χ3v) is 61.7. The Morgan fingerprint density at radius 1 is 0.281 bits per heavy atom. The van der Waals surface area contributed by atoms with E-state index >= 15 is 0 Å². The van der Waals surface area contributed by atoms with Crippen LogP contribution in [-0.2, 0) is 47.4 Å². The van der Waals surface area contributed by atoms with Crippen molar-refractivity contribution in [3.63, 3.8) is 0 Å². The molecule has 0 unspecified atom stereocenters. The quantitative estimate of drug-likeness (QED) is 0.216. The van der Waals surface area contributed by atoms with Crippen molar-refractivity contribution >= 4 is 75.9 Å². The molecule has 0 N–H and O–H groups in total. The van der Waals surface area contributed by atoms with Crippen LogP contribution in [-0.4, -0.2) is 75.9 Å². The summed E-state index contributed by atoms with van der Waals surface area (Å²) in [5.41, 5.74) is 0.465. The summed E-state index contributed by atoms with van der Waals surface area (Å²) >= 11 is -4.78. The zero-order valence-electron chi connectivity index (χ0n) is 34.0. The molecule has 13 rings (SSSR count). The second kappa shape index (κ2) is 14.7. The third-order valence-electron chi connectivity index (χ3n) is 16.7. The first-order valence-corrected chi connectivity index (χ1v) is 40.2. The molecule has 0 atom stereocenters. The van der Waals surface area contributed by atoms with Gasteiger partial charge in [0.05, 0.1) is 0 Å². The maximum atomic E-state index is 8.38. The Hall–Kier alpha value is 1.32. The van der Waals surface area contributed by atoms with E-state index in [2.05, 4.69) is 6.58 Å². The molecular weight excluding hydrogens is 906 g/mol. The first-order chi connectivity index (χ1) is 27.8. The van der Waals surface area contributed by atoms with Crippen molar-refractivity contribution in [1.29, 1.82) is 0 Å². The van der Waals surface area contributed by atoms with Gasteiger partial charge in [-0.25, -0.2) is 0 Å². The second-order valence-corrected chi connectivity index (χ2v) is 49.5. The van der Waals surface area contributed by atoms with Gasteiger partial charge >= 0.3 is 353 Å². The summed E-state index contributed by atoms with van der Waals surface area (Å²) in [5.74, 6) is 0. The summed E-state index contributed by atoms with van der Waals surface area (Å²) in [6, 6.07) is 0. The van der Waals surface area contributed by atoms with Crippen LogP contribution in [0.15, 0.2) is 11.5 Å². The molecule has 12 nitrogen and oxygen atoms in total. The fourth-order valence-corrected chi connectivity index (χ4v) is 78.6. The fourth-order valence-electron chi connectivity index (χ4n) is 13.7. The van der Waals surface area contributed by atoms with E-state index in [-0.39, 0.29) is 38.8 Å². The molecular formula is C37H66GeO12Si7. The van der Waals surface area contributed by atoms with Crippen molar-refractivity contribution < 1.29 is 47.4 Å². The summed E-state index contributed by atoms with van der Waals surface area (Å²) in [6.45, 7) is 4.58. The van der Waals surface area contributed by atoms with E-state index in [1.54, 1.807) is 0 Å². The van der Waals surface area contributed by atoms with E-state index in [4.69, 9.17) is 47.4 Å². The minimum atomic E-state index is -4.78. The predicted octanol–water partition coefficient (Wildman–Crippen LogP) is 10.1. The van der Waals surface area contributed by atoms with Gasteiger partial charge < -0.3 is 0 Å². The van der Waals surface area contributed by atoms with Crippen LogP contribution in [0.5, 0.6) is 0 Å². The Balaban J connectivity index is 1.18. The molecule has 6 aliphatic heterocycles. The molecule has 20 heteroatoms. The Bertz CT molecular complexity index is 1370. The summed E-state index contributed by atoms with van der Waals surface area (Å²) in [6.07, 6.45) is 29.3. The molecule has 57 heavy (non-hydrogen) atoms. The minimum absolute atomic E-state index is 0.0538. The Morgan fingerprint density at radius 2 is 0.439 bits per heavy atom. The summed E-state index contributed by atoms with van der Waals surface area (Å²) in [7, 11) is -27.0. The zero-order chi connectivity index (χ0) is 38.0. The Morgan fingerprint density at radius 3 is 0.614 bits per heavy atom. The standard InChI is InChI=1S/C37H66GeO12Si7/c1-2-38-39-51(31-17-3-4-18-31)42-54(34-23-9-10-24-34)44-52(40-38,32-19-5-6-20-32)46-56(36-27-13-14-28-36)47-53(41-38,33-21-7-8-22-33)45-55(43-51,35-25-11-12-26-35)49-57(48-54,50-56)37-29-15-16-30-37/h2,31-37H,1,3-30H2. The maximum absolute atomic E-state index is 8.38. The third kappa shape index (κ3) is 6.27. The first-order valence-electron chi connectivity index (χ1n) is 23.8. The molecule has 0 radical (unpaired) electrons. The zero-order valence-corrected chi connectivity index (χ0v) is 43.1.